The highest BCUT2D eigenvalue weighted by Crippen LogP contribution is 2.23. The van der Waals surface area contributed by atoms with E-state index in [-0.39, 0.29) is 10.7 Å². The number of amides is 1. The molecule has 1 amide bonds. The molecule has 2 heterocycles. The summed E-state index contributed by atoms with van der Waals surface area (Å²) in [5, 5.41) is 0. The van der Waals surface area contributed by atoms with Crippen LogP contribution in [0.25, 0.3) is 5.69 Å². The standard InChI is InChI=1S/C15H16BrN3O/c1-11-17-6-7-19(11)14-5-3-2-4-12(14)9-18-10-13(16)8-15(18)20/h2-7,13H,8-10H2,1H3. The molecule has 1 aliphatic rings. The Morgan fingerprint density at radius 1 is 1.40 bits per heavy atom. The Bertz CT molecular complexity index is 638. The molecule has 0 spiro atoms. The Balaban J connectivity index is 1.91. The van der Waals surface area contributed by atoms with Crippen molar-refractivity contribution in [3.63, 3.8) is 0 Å². The minimum absolute atomic E-state index is 0.212. The van der Waals surface area contributed by atoms with Crippen molar-refractivity contribution < 1.29 is 4.79 Å². The number of likely N-dealkylation sites (tertiary alicyclic amines) is 1. The van der Waals surface area contributed by atoms with E-state index in [0.717, 1.165) is 23.6 Å². The number of aromatic nitrogens is 2. The number of para-hydroxylation sites is 1. The second-order valence-corrected chi connectivity index (χ2v) is 6.34. The van der Waals surface area contributed by atoms with Crippen molar-refractivity contribution in [3.05, 3.63) is 48.0 Å². The van der Waals surface area contributed by atoms with E-state index in [1.807, 2.05) is 30.2 Å². The molecule has 1 aromatic carbocycles. The van der Waals surface area contributed by atoms with Gasteiger partial charge in [-0.3, -0.25) is 4.79 Å². The SMILES string of the molecule is Cc1nccn1-c1ccccc1CN1CC(Br)CC1=O. The highest BCUT2D eigenvalue weighted by atomic mass is 79.9. The molecule has 1 aliphatic heterocycles. The summed E-state index contributed by atoms with van der Waals surface area (Å²) in [5.74, 6) is 1.16. The van der Waals surface area contributed by atoms with Crippen LogP contribution in [-0.2, 0) is 11.3 Å². The zero-order valence-electron chi connectivity index (χ0n) is 11.3. The largest absolute Gasteiger partial charge is 0.337 e. The normalized spacial score (nSPS) is 18.8. The first-order valence-electron chi connectivity index (χ1n) is 6.65. The molecule has 5 heteroatoms. The van der Waals surface area contributed by atoms with Gasteiger partial charge in [-0.1, -0.05) is 34.1 Å². The molecule has 104 valence electrons. The average Bonchev–Trinajstić information content (AvgIpc) is 2.97. The second kappa shape index (κ2) is 5.40. The number of alkyl halides is 1. The van der Waals surface area contributed by atoms with Crippen molar-refractivity contribution in [2.75, 3.05) is 6.54 Å². The van der Waals surface area contributed by atoms with Gasteiger partial charge in [-0.2, -0.15) is 0 Å². The third-order valence-corrected chi connectivity index (χ3v) is 4.22. The molecule has 2 aromatic rings. The van der Waals surface area contributed by atoms with E-state index < -0.39 is 0 Å². The van der Waals surface area contributed by atoms with Gasteiger partial charge < -0.3 is 9.47 Å². The summed E-state index contributed by atoms with van der Waals surface area (Å²) in [5.41, 5.74) is 2.23. The number of carbonyl (C=O) groups is 1. The molecule has 0 N–H and O–H groups in total. The molecular formula is C15H16BrN3O. The molecule has 3 rings (SSSR count). The average molecular weight is 334 g/mol. The Hall–Kier alpha value is -1.62. The summed E-state index contributed by atoms with van der Waals surface area (Å²) in [6.07, 6.45) is 4.33. The first-order valence-corrected chi connectivity index (χ1v) is 7.57. The van der Waals surface area contributed by atoms with Gasteiger partial charge in [0.05, 0.1) is 5.69 Å². The smallest absolute Gasteiger partial charge is 0.224 e. The van der Waals surface area contributed by atoms with Gasteiger partial charge in [0.1, 0.15) is 5.82 Å². The van der Waals surface area contributed by atoms with E-state index >= 15 is 0 Å². The van der Waals surface area contributed by atoms with Crippen LogP contribution in [0.1, 0.15) is 17.8 Å². The Morgan fingerprint density at radius 2 is 2.20 bits per heavy atom. The summed E-state index contributed by atoms with van der Waals surface area (Å²) < 4.78 is 2.06. The predicted octanol–water partition coefficient (Wildman–Crippen LogP) is 2.68. The minimum atomic E-state index is 0.212. The van der Waals surface area contributed by atoms with Crippen molar-refractivity contribution in [1.82, 2.24) is 14.5 Å². The summed E-state index contributed by atoms with van der Waals surface area (Å²) in [6.45, 7) is 3.40. The van der Waals surface area contributed by atoms with Gasteiger partial charge in [0.2, 0.25) is 5.91 Å². The summed E-state index contributed by atoms with van der Waals surface area (Å²) >= 11 is 3.52. The van der Waals surface area contributed by atoms with E-state index in [2.05, 4.69) is 37.6 Å². The van der Waals surface area contributed by atoms with Crippen molar-refractivity contribution in [1.29, 1.82) is 0 Å². The van der Waals surface area contributed by atoms with Crippen LogP contribution in [0.4, 0.5) is 0 Å². The van der Waals surface area contributed by atoms with E-state index in [1.165, 1.54) is 0 Å². The van der Waals surface area contributed by atoms with Crippen LogP contribution in [0, 0.1) is 6.92 Å². The number of halogens is 1. The van der Waals surface area contributed by atoms with Crippen LogP contribution >= 0.6 is 15.9 Å². The van der Waals surface area contributed by atoms with Gasteiger partial charge in [-0.15, -0.1) is 0 Å². The van der Waals surface area contributed by atoms with Crippen molar-refractivity contribution >= 4 is 21.8 Å². The molecule has 1 unspecified atom stereocenters. The molecular weight excluding hydrogens is 318 g/mol. The Kier molecular flexibility index (Phi) is 3.61. The number of carbonyl (C=O) groups excluding carboxylic acids is 1. The lowest BCUT2D eigenvalue weighted by molar-refractivity contribution is -0.128. The monoisotopic (exact) mass is 333 g/mol. The van der Waals surface area contributed by atoms with Gasteiger partial charge in [0.25, 0.3) is 0 Å². The number of benzene rings is 1. The fourth-order valence-electron chi connectivity index (χ4n) is 2.59. The molecule has 1 atom stereocenters. The summed E-state index contributed by atoms with van der Waals surface area (Å²) in [7, 11) is 0. The molecule has 4 nitrogen and oxygen atoms in total. The summed E-state index contributed by atoms with van der Waals surface area (Å²) in [6, 6.07) is 8.16. The maximum Gasteiger partial charge on any atom is 0.224 e. The topological polar surface area (TPSA) is 38.1 Å². The van der Waals surface area contributed by atoms with Crippen LogP contribution in [-0.4, -0.2) is 31.7 Å². The van der Waals surface area contributed by atoms with Crippen LogP contribution in [0.3, 0.4) is 0 Å². The fourth-order valence-corrected chi connectivity index (χ4v) is 3.22. The lowest BCUT2D eigenvalue weighted by Gasteiger charge is -2.19. The van der Waals surface area contributed by atoms with Crippen molar-refractivity contribution in [3.8, 4) is 5.69 Å². The number of aryl methyl sites for hydroxylation is 1. The Morgan fingerprint density at radius 3 is 2.85 bits per heavy atom. The lowest BCUT2D eigenvalue weighted by Crippen LogP contribution is -2.25. The zero-order chi connectivity index (χ0) is 14.1. The second-order valence-electron chi connectivity index (χ2n) is 5.05. The maximum atomic E-state index is 11.9. The van der Waals surface area contributed by atoms with Crippen LogP contribution in [0.2, 0.25) is 0 Å². The maximum absolute atomic E-state index is 11.9. The van der Waals surface area contributed by atoms with Gasteiger partial charge in [0.15, 0.2) is 0 Å². The highest BCUT2D eigenvalue weighted by Gasteiger charge is 2.28. The molecule has 0 saturated carbocycles. The van der Waals surface area contributed by atoms with E-state index in [4.69, 9.17) is 0 Å². The van der Waals surface area contributed by atoms with Gasteiger partial charge >= 0.3 is 0 Å². The van der Waals surface area contributed by atoms with E-state index in [9.17, 15) is 4.79 Å². The molecule has 1 saturated heterocycles. The van der Waals surface area contributed by atoms with Crippen LogP contribution < -0.4 is 0 Å². The van der Waals surface area contributed by atoms with Crippen molar-refractivity contribution in [2.45, 2.75) is 24.7 Å². The number of hydrogen-bond acceptors (Lipinski definition) is 2. The van der Waals surface area contributed by atoms with Gasteiger partial charge in [0, 0.05) is 36.7 Å². The zero-order valence-corrected chi connectivity index (χ0v) is 12.9. The highest BCUT2D eigenvalue weighted by molar-refractivity contribution is 9.09. The summed E-state index contributed by atoms with van der Waals surface area (Å²) in [4.78, 5) is 18.4. The molecule has 1 fully saturated rings. The van der Waals surface area contributed by atoms with Gasteiger partial charge in [-0.25, -0.2) is 4.98 Å². The number of imidazole rings is 1. The quantitative estimate of drug-likeness (QED) is 0.810. The molecule has 0 aliphatic carbocycles. The number of nitrogens with zero attached hydrogens (tertiary/aromatic N) is 3. The predicted molar refractivity (Wildman–Crippen MR) is 81.1 cm³/mol. The molecule has 20 heavy (non-hydrogen) atoms. The number of hydrogen-bond donors (Lipinski definition) is 0. The fraction of sp³-hybridized carbons (Fsp3) is 0.333. The third kappa shape index (κ3) is 2.50. The number of rotatable bonds is 3. The Labute approximate surface area is 126 Å². The molecule has 0 radical (unpaired) electrons. The molecule has 1 aromatic heterocycles. The van der Waals surface area contributed by atoms with E-state index in [1.54, 1.807) is 6.20 Å². The van der Waals surface area contributed by atoms with Crippen molar-refractivity contribution in [2.24, 2.45) is 0 Å². The molecule has 0 bridgehead atoms. The van der Waals surface area contributed by atoms with Gasteiger partial charge in [-0.05, 0) is 18.6 Å². The van der Waals surface area contributed by atoms with E-state index in [0.29, 0.717) is 13.0 Å². The van der Waals surface area contributed by atoms with Crippen LogP contribution in [0.5, 0.6) is 0 Å². The third-order valence-electron chi connectivity index (χ3n) is 3.61. The minimum Gasteiger partial charge on any atom is -0.337 e. The first kappa shape index (κ1) is 13.4. The lowest BCUT2D eigenvalue weighted by atomic mass is 10.1. The first-order chi connectivity index (χ1) is 9.65. The van der Waals surface area contributed by atoms with Crippen LogP contribution in [0.15, 0.2) is 36.7 Å².